The molecule has 4 nitrogen and oxygen atoms in total. The predicted molar refractivity (Wildman–Crippen MR) is 35.0 cm³/mol. The summed E-state index contributed by atoms with van der Waals surface area (Å²) in [4.78, 5) is 10.5. The zero-order valence-electron chi connectivity index (χ0n) is 6.14. The maximum Gasteiger partial charge on any atom is 0.185 e. The molecule has 0 aromatic heterocycles. The topological polar surface area (TPSA) is 55.1 Å². The summed E-state index contributed by atoms with van der Waals surface area (Å²) in [5.74, 6) is 5.25. The lowest BCUT2D eigenvalue weighted by atomic mass is 10.4. The van der Waals surface area contributed by atoms with Crippen molar-refractivity contribution in [1.29, 1.82) is 0 Å². The Morgan fingerprint density at radius 1 is 1.67 bits per heavy atom. The zero-order valence-corrected chi connectivity index (χ0v) is 6.14. The number of nitrogens with two attached hydrogens (primary N) is 1. The van der Waals surface area contributed by atoms with Crippen molar-refractivity contribution in [1.82, 2.24) is 5.53 Å². The molecule has 0 amide bonds. The number of likely N-dealkylation sites (N-methyl/N-ethyl adjacent to an activating group) is 1. The van der Waals surface area contributed by atoms with Gasteiger partial charge in [-0.3, -0.25) is 4.79 Å². The average molecular weight is 132 g/mol. The van der Waals surface area contributed by atoms with E-state index in [4.69, 9.17) is 5.84 Å². The number of Topliss-reactive ketones (excluding diaryl/α,β-unsaturated/α-hetero) is 1. The van der Waals surface area contributed by atoms with Gasteiger partial charge in [0.05, 0.1) is 14.1 Å². The summed E-state index contributed by atoms with van der Waals surface area (Å²) < 4.78 is 0.329. The third-order valence-corrected chi connectivity index (χ3v) is 0.967. The Labute approximate surface area is 55.2 Å². The number of nitrogens with zero attached hydrogens (tertiary/aromatic N) is 1. The van der Waals surface area contributed by atoms with Gasteiger partial charge in [-0.2, -0.15) is 0 Å². The highest BCUT2D eigenvalue weighted by atomic mass is 16.1. The van der Waals surface area contributed by atoms with Gasteiger partial charge in [0.25, 0.3) is 0 Å². The van der Waals surface area contributed by atoms with E-state index in [-0.39, 0.29) is 5.78 Å². The molecule has 9 heavy (non-hydrogen) atoms. The molecule has 0 radical (unpaired) electrons. The standard InChI is InChI=1S/C5H14N3O/c1-5(9)4-8(2,3)7-6/h7H,4,6H2,1-3H3/q+1. The van der Waals surface area contributed by atoms with Gasteiger partial charge in [-0.15, -0.1) is 5.53 Å². The van der Waals surface area contributed by atoms with Crippen molar-refractivity contribution < 1.29 is 9.39 Å². The zero-order chi connectivity index (χ0) is 7.49. The van der Waals surface area contributed by atoms with Crippen LogP contribution in [0.25, 0.3) is 0 Å². The van der Waals surface area contributed by atoms with Crippen molar-refractivity contribution in [3.8, 4) is 0 Å². The lowest BCUT2D eigenvalue weighted by Gasteiger charge is -2.24. The van der Waals surface area contributed by atoms with E-state index in [0.29, 0.717) is 11.1 Å². The number of ketones is 1. The molecule has 0 saturated heterocycles. The normalized spacial score (nSPS) is 11.6. The molecule has 0 saturated carbocycles. The second-order valence-corrected chi connectivity index (χ2v) is 2.67. The summed E-state index contributed by atoms with van der Waals surface area (Å²) in [6, 6.07) is 0. The summed E-state index contributed by atoms with van der Waals surface area (Å²) in [7, 11) is 3.64. The number of quaternary nitrogens is 1. The molecule has 0 spiro atoms. The Kier molecular flexibility index (Phi) is 2.76. The summed E-state index contributed by atoms with van der Waals surface area (Å²) in [6.45, 7) is 1.95. The van der Waals surface area contributed by atoms with Crippen LogP contribution in [0.3, 0.4) is 0 Å². The third kappa shape index (κ3) is 4.08. The molecule has 3 N–H and O–H groups in total. The number of rotatable bonds is 3. The Morgan fingerprint density at radius 3 is 2.22 bits per heavy atom. The first-order valence-electron chi connectivity index (χ1n) is 2.78. The molecule has 0 unspecified atom stereocenters. The smallest absolute Gasteiger partial charge is 0.185 e. The van der Waals surface area contributed by atoms with Crippen LogP contribution in [0.1, 0.15) is 6.92 Å². The van der Waals surface area contributed by atoms with Gasteiger partial charge in [-0.05, 0) is 0 Å². The number of carbonyl (C=O) groups excluding carboxylic acids is 1. The second kappa shape index (κ2) is 2.91. The molecule has 0 bridgehead atoms. The molecule has 0 aliphatic rings. The molecule has 54 valence electrons. The van der Waals surface area contributed by atoms with E-state index in [2.05, 4.69) is 5.53 Å². The summed E-state index contributed by atoms with van der Waals surface area (Å²) in [5.41, 5.74) is 2.49. The fourth-order valence-corrected chi connectivity index (χ4v) is 0.602. The number of hydrazine groups is 1. The van der Waals surface area contributed by atoms with E-state index in [9.17, 15) is 4.79 Å². The molecule has 0 fully saturated rings. The van der Waals surface area contributed by atoms with E-state index >= 15 is 0 Å². The lowest BCUT2D eigenvalue weighted by Crippen LogP contribution is -2.57. The number of nitrogens with one attached hydrogen (secondary N) is 1. The largest absolute Gasteiger partial charge is 0.294 e. The number of carbonyl (C=O) groups is 1. The fraction of sp³-hybridized carbons (Fsp3) is 0.800. The fourth-order valence-electron chi connectivity index (χ4n) is 0.602. The van der Waals surface area contributed by atoms with E-state index in [1.54, 1.807) is 0 Å². The van der Waals surface area contributed by atoms with Crippen molar-refractivity contribution in [2.45, 2.75) is 6.92 Å². The molecule has 0 heterocycles. The molecule has 0 aliphatic carbocycles. The van der Waals surface area contributed by atoms with E-state index in [0.717, 1.165) is 0 Å². The molecular formula is C5H14N3O+. The SMILES string of the molecule is CC(=O)C[N+](C)(C)NN. The summed E-state index contributed by atoms with van der Waals surface area (Å²) in [6.07, 6.45) is 0. The lowest BCUT2D eigenvalue weighted by molar-refractivity contribution is -0.928. The van der Waals surface area contributed by atoms with Crippen LogP contribution in [-0.2, 0) is 4.79 Å². The van der Waals surface area contributed by atoms with Gasteiger partial charge < -0.3 is 0 Å². The molecule has 0 aromatic rings. The van der Waals surface area contributed by atoms with Gasteiger partial charge in [0, 0.05) is 6.92 Å². The van der Waals surface area contributed by atoms with Gasteiger partial charge >= 0.3 is 0 Å². The van der Waals surface area contributed by atoms with Gasteiger partial charge in [0.1, 0.15) is 0 Å². The van der Waals surface area contributed by atoms with Gasteiger partial charge in [0.15, 0.2) is 12.3 Å². The Balaban J connectivity index is 3.71. The van der Waals surface area contributed by atoms with E-state index in [1.807, 2.05) is 14.1 Å². The second-order valence-electron chi connectivity index (χ2n) is 2.67. The van der Waals surface area contributed by atoms with Crippen LogP contribution in [0, 0.1) is 0 Å². The van der Waals surface area contributed by atoms with Crippen LogP contribution in [0.15, 0.2) is 0 Å². The average Bonchev–Trinajstić information content (AvgIpc) is 1.63. The van der Waals surface area contributed by atoms with Crippen LogP contribution in [0.5, 0.6) is 0 Å². The minimum absolute atomic E-state index is 0.123. The minimum atomic E-state index is 0.123. The molecule has 0 rings (SSSR count). The number of hydrogen-bond donors (Lipinski definition) is 2. The molecule has 0 aromatic carbocycles. The van der Waals surface area contributed by atoms with Gasteiger partial charge in [-0.25, -0.2) is 10.4 Å². The molecular weight excluding hydrogens is 118 g/mol. The van der Waals surface area contributed by atoms with Crippen LogP contribution in [0.4, 0.5) is 0 Å². The highest BCUT2D eigenvalue weighted by Crippen LogP contribution is 1.86. The first-order valence-corrected chi connectivity index (χ1v) is 2.78. The molecule has 4 heteroatoms. The van der Waals surface area contributed by atoms with Gasteiger partial charge in [0.2, 0.25) is 0 Å². The maximum absolute atomic E-state index is 10.5. The highest BCUT2D eigenvalue weighted by molar-refractivity contribution is 5.76. The number of hydrogen-bond acceptors (Lipinski definition) is 3. The van der Waals surface area contributed by atoms with E-state index < -0.39 is 0 Å². The minimum Gasteiger partial charge on any atom is -0.294 e. The van der Waals surface area contributed by atoms with E-state index in [1.165, 1.54) is 6.92 Å². The van der Waals surface area contributed by atoms with Crippen molar-refractivity contribution in [3.63, 3.8) is 0 Å². The van der Waals surface area contributed by atoms with Crippen molar-refractivity contribution in [2.24, 2.45) is 5.84 Å². The van der Waals surface area contributed by atoms with Crippen molar-refractivity contribution >= 4 is 5.78 Å². The van der Waals surface area contributed by atoms with Crippen LogP contribution >= 0.6 is 0 Å². The predicted octanol–water partition coefficient (Wildman–Crippen LogP) is -0.970. The Bertz CT molecular complexity index is 111. The Hall–Kier alpha value is -0.450. The first kappa shape index (κ1) is 8.55. The highest BCUT2D eigenvalue weighted by Gasteiger charge is 2.14. The first-order chi connectivity index (χ1) is 3.98. The van der Waals surface area contributed by atoms with Crippen LogP contribution < -0.4 is 11.4 Å². The van der Waals surface area contributed by atoms with Crippen LogP contribution in [-0.4, -0.2) is 31.0 Å². The maximum atomic E-state index is 10.5. The third-order valence-electron chi connectivity index (χ3n) is 0.967. The van der Waals surface area contributed by atoms with Crippen molar-refractivity contribution in [3.05, 3.63) is 0 Å². The summed E-state index contributed by atoms with van der Waals surface area (Å²) >= 11 is 0. The van der Waals surface area contributed by atoms with Crippen molar-refractivity contribution in [2.75, 3.05) is 20.6 Å². The monoisotopic (exact) mass is 132 g/mol. The Morgan fingerprint density at radius 2 is 2.11 bits per heavy atom. The quantitative estimate of drug-likeness (QED) is 0.295. The molecule has 0 atom stereocenters. The molecule has 0 aliphatic heterocycles. The van der Waals surface area contributed by atoms with Crippen LogP contribution in [0.2, 0.25) is 0 Å². The summed E-state index contributed by atoms with van der Waals surface area (Å²) in [5, 5.41) is 0. The van der Waals surface area contributed by atoms with Gasteiger partial charge in [-0.1, -0.05) is 0 Å².